The smallest absolute Gasteiger partial charge is 0.222 e. The first-order chi connectivity index (χ1) is 10.2. The fourth-order valence-corrected chi connectivity index (χ4v) is 3.01. The third-order valence-electron chi connectivity index (χ3n) is 3.41. The van der Waals surface area contributed by atoms with Crippen molar-refractivity contribution in [3.8, 4) is 5.69 Å². The van der Waals surface area contributed by atoms with Gasteiger partial charge in [0.2, 0.25) is 11.2 Å². The molecule has 2 rings (SSSR count). The van der Waals surface area contributed by atoms with Crippen LogP contribution in [-0.4, -0.2) is 0 Å². The highest BCUT2D eigenvalue weighted by molar-refractivity contribution is 7.09. The van der Waals surface area contributed by atoms with Crippen molar-refractivity contribution in [3.63, 3.8) is 0 Å². The van der Waals surface area contributed by atoms with Gasteiger partial charge in [0.05, 0.1) is 4.88 Å². The van der Waals surface area contributed by atoms with Crippen molar-refractivity contribution in [1.82, 2.24) is 0 Å². The summed E-state index contributed by atoms with van der Waals surface area (Å²) in [6.45, 7) is 8.86. The Bertz CT molecular complexity index is 595. The Hall–Kier alpha value is -1.02. The lowest BCUT2D eigenvalue weighted by Gasteiger charge is -2.17. The van der Waals surface area contributed by atoms with E-state index in [1.54, 1.807) is 0 Å². The summed E-state index contributed by atoms with van der Waals surface area (Å²) in [5.74, 6) is 0. The number of rotatable bonds is 3. The molecule has 5 nitrogen and oxygen atoms in total. The standard InChI is InChI=1S/C15H20NS.CH4.ClHO4/c1-5-13-8-7-9-14(6-2)15(13)16-10-17-12(4)11(16)3;;2-1(3,4)5/h7-10H,5-6H2,1-4H3;1H4;(H,2,3,4,5)/q+1;;/p-1. The van der Waals surface area contributed by atoms with Crippen molar-refractivity contribution >= 4 is 11.3 Å². The second kappa shape index (κ2) is 9.32. The van der Waals surface area contributed by atoms with E-state index in [0.717, 1.165) is 12.8 Å². The van der Waals surface area contributed by atoms with E-state index in [-0.39, 0.29) is 7.43 Å². The van der Waals surface area contributed by atoms with Crippen molar-refractivity contribution in [2.75, 3.05) is 0 Å². The maximum atomic E-state index is 8.49. The molecule has 0 bridgehead atoms. The second-order valence-electron chi connectivity index (χ2n) is 4.74. The Morgan fingerprint density at radius 3 is 1.74 bits per heavy atom. The van der Waals surface area contributed by atoms with Gasteiger partial charge in [-0.25, -0.2) is 18.6 Å². The normalized spacial score (nSPS) is 10.6. The lowest BCUT2D eigenvalue weighted by Crippen LogP contribution is -2.68. The van der Waals surface area contributed by atoms with Gasteiger partial charge >= 0.3 is 0 Å². The quantitative estimate of drug-likeness (QED) is 0.698. The summed E-state index contributed by atoms with van der Waals surface area (Å²) < 4.78 is 36.3. The van der Waals surface area contributed by atoms with Gasteiger partial charge in [-0.05, 0) is 19.8 Å². The maximum absolute atomic E-state index is 8.49. The Balaban J connectivity index is 0.000000709. The monoisotopic (exact) mass is 361 g/mol. The molecule has 0 saturated heterocycles. The van der Waals surface area contributed by atoms with Gasteiger partial charge in [0.15, 0.2) is 5.69 Å². The van der Waals surface area contributed by atoms with Crippen LogP contribution in [0.2, 0.25) is 0 Å². The molecule has 0 N–H and O–H groups in total. The third-order valence-corrected chi connectivity index (χ3v) is 4.38. The highest BCUT2D eigenvalue weighted by Gasteiger charge is 2.21. The van der Waals surface area contributed by atoms with Crippen molar-refractivity contribution in [1.29, 1.82) is 0 Å². The minimum Gasteiger partial charge on any atom is -0.222 e. The van der Waals surface area contributed by atoms with Crippen LogP contribution < -0.4 is 23.2 Å². The highest BCUT2D eigenvalue weighted by atomic mass is 35.7. The molecule has 7 heteroatoms. The van der Waals surface area contributed by atoms with Gasteiger partial charge in [-0.1, -0.05) is 50.8 Å². The van der Waals surface area contributed by atoms with Crippen LogP contribution in [0.5, 0.6) is 0 Å². The van der Waals surface area contributed by atoms with Crippen molar-refractivity contribution in [2.45, 2.75) is 48.0 Å². The number of thiazole rings is 1. The average molecular weight is 362 g/mol. The number of hydrogen-bond acceptors (Lipinski definition) is 5. The molecule has 0 aliphatic heterocycles. The van der Waals surface area contributed by atoms with E-state index in [1.807, 2.05) is 11.3 Å². The average Bonchev–Trinajstić information content (AvgIpc) is 2.76. The number of benzene rings is 1. The summed E-state index contributed by atoms with van der Waals surface area (Å²) in [5, 5.41) is 0. The zero-order valence-corrected chi connectivity index (χ0v) is 14.7. The second-order valence-corrected chi connectivity index (χ2v) is 6.56. The predicted molar refractivity (Wildman–Crippen MR) is 80.8 cm³/mol. The number of aryl methyl sites for hydroxylation is 3. The van der Waals surface area contributed by atoms with Gasteiger partial charge in [-0.3, -0.25) is 0 Å². The van der Waals surface area contributed by atoms with Gasteiger partial charge in [0, 0.05) is 18.1 Å². The van der Waals surface area contributed by atoms with Crippen LogP contribution in [-0.2, 0) is 12.8 Å². The minimum atomic E-state index is -4.94. The van der Waals surface area contributed by atoms with Gasteiger partial charge in [-0.2, -0.15) is 4.57 Å². The molecule has 1 aromatic heterocycles. The third kappa shape index (κ3) is 6.55. The Labute approximate surface area is 144 Å². The number of aromatic nitrogens is 1. The zero-order valence-electron chi connectivity index (χ0n) is 13.1. The first-order valence-electron chi connectivity index (χ1n) is 6.88. The fourth-order valence-electron chi connectivity index (χ4n) is 2.21. The minimum absolute atomic E-state index is 0. The molecule has 23 heavy (non-hydrogen) atoms. The molecule has 0 radical (unpaired) electrons. The Morgan fingerprint density at radius 2 is 1.43 bits per heavy atom. The van der Waals surface area contributed by atoms with Crippen LogP contribution in [0.25, 0.3) is 5.69 Å². The predicted octanol–water partition coefficient (Wildman–Crippen LogP) is -0.353. The van der Waals surface area contributed by atoms with Crippen LogP contribution in [0.3, 0.4) is 0 Å². The van der Waals surface area contributed by atoms with E-state index in [0.29, 0.717) is 0 Å². The molecule has 130 valence electrons. The molecule has 1 heterocycles. The molecule has 0 atom stereocenters. The SMILES string of the molecule is C.CCc1cccc(CC)c1-[n+]1csc(C)c1C.[O-][Cl+3]([O-])([O-])[O-]. The van der Waals surface area contributed by atoms with E-state index >= 15 is 0 Å². The van der Waals surface area contributed by atoms with Crippen molar-refractivity contribution in [3.05, 3.63) is 45.4 Å². The molecule has 0 amide bonds. The molecule has 0 aliphatic rings. The van der Waals surface area contributed by atoms with E-state index in [9.17, 15) is 0 Å². The summed E-state index contributed by atoms with van der Waals surface area (Å²) in [4.78, 5) is 1.40. The van der Waals surface area contributed by atoms with Crippen molar-refractivity contribution < 1.29 is 33.4 Å². The Morgan fingerprint density at radius 1 is 1.00 bits per heavy atom. The molecule has 0 aliphatic carbocycles. The lowest BCUT2D eigenvalue weighted by molar-refractivity contribution is -2.00. The van der Waals surface area contributed by atoms with E-state index < -0.39 is 10.2 Å². The summed E-state index contributed by atoms with van der Waals surface area (Å²) in [6.07, 6.45) is 2.18. The van der Waals surface area contributed by atoms with Gasteiger partial charge < -0.3 is 0 Å². The van der Waals surface area contributed by atoms with Gasteiger partial charge in [-0.15, -0.1) is 10.2 Å². The zero-order chi connectivity index (χ0) is 16.9. The highest BCUT2D eigenvalue weighted by Crippen LogP contribution is 2.20. The summed E-state index contributed by atoms with van der Waals surface area (Å²) in [7, 11) is -4.94. The van der Waals surface area contributed by atoms with E-state index in [2.05, 4.69) is 56.0 Å². The summed E-state index contributed by atoms with van der Waals surface area (Å²) in [5.41, 5.74) is 7.88. The molecule has 0 fully saturated rings. The van der Waals surface area contributed by atoms with Gasteiger partial charge in [0.1, 0.15) is 0 Å². The number of para-hydroxylation sites is 1. The van der Waals surface area contributed by atoms with E-state index in [4.69, 9.17) is 18.6 Å². The fraction of sp³-hybridized carbons (Fsp3) is 0.438. The van der Waals surface area contributed by atoms with Crippen LogP contribution in [0, 0.1) is 24.1 Å². The molecular formula is C16H24ClNO4S. The molecule has 0 spiro atoms. The van der Waals surface area contributed by atoms with Crippen LogP contribution in [0.4, 0.5) is 0 Å². The largest absolute Gasteiger partial charge is 0.231 e. The van der Waals surface area contributed by atoms with Crippen LogP contribution in [0.15, 0.2) is 23.7 Å². The molecule has 0 unspecified atom stereocenters. The molecule has 0 saturated carbocycles. The van der Waals surface area contributed by atoms with Crippen LogP contribution >= 0.6 is 11.3 Å². The first-order valence-corrected chi connectivity index (χ1v) is 8.99. The molecule has 1 aromatic carbocycles. The van der Waals surface area contributed by atoms with Crippen LogP contribution in [0.1, 0.15) is 43.0 Å². The number of halogens is 1. The Kier molecular flexibility index (Phi) is 8.90. The maximum Gasteiger partial charge on any atom is 0.231 e. The first kappa shape index (κ1) is 22.0. The number of hydrogen-bond donors (Lipinski definition) is 0. The molecular weight excluding hydrogens is 338 g/mol. The van der Waals surface area contributed by atoms with Gasteiger partial charge in [0.25, 0.3) is 0 Å². The topological polar surface area (TPSA) is 96.1 Å². The summed E-state index contributed by atoms with van der Waals surface area (Å²) in [6, 6.07) is 6.66. The van der Waals surface area contributed by atoms with Crippen molar-refractivity contribution in [2.24, 2.45) is 0 Å². The van der Waals surface area contributed by atoms with E-state index in [1.165, 1.54) is 27.4 Å². The molecule has 2 aromatic rings. The summed E-state index contributed by atoms with van der Waals surface area (Å²) >= 11 is 1.83. The number of nitrogens with zero attached hydrogens (tertiary/aromatic N) is 1. The lowest BCUT2D eigenvalue weighted by atomic mass is 10.0.